The first-order chi connectivity index (χ1) is 12.7. The van der Waals surface area contributed by atoms with Gasteiger partial charge in [-0.15, -0.1) is 0 Å². The quantitative estimate of drug-likeness (QED) is 0.800. The first kappa shape index (κ1) is 18.7. The van der Waals surface area contributed by atoms with E-state index in [9.17, 15) is 4.79 Å². The van der Waals surface area contributed by atoms with E-state index in [1.165, 1.54) is 29.5 Å². The van der Waals surface area contributed by atoms with Gasteiger partial charge in [0.05, 0.1) is 6.54 Å². The van der Waals surface area contributed by atoms with Crippen molar-refractivity contribution < 1.29 is 4.79 Å². The molecule has 3 nitrogen and oxygen atoms in total. The molecule has 26 heavy (non-hydrogen) atoms. The molecule has 138 valence electrons. The van der Waals surface area contributed by atoms with Gasteiger partial charge < -0.3 is 5.32 Å². The van der Waals surface area contributed by atoms with Crippen LogP contribution >= 0.6 is 0 Å². The van der Waals surface area contributed by atoms with Crippen LogP contribution in [0.4, 0.5) is 5.69 Å². The van der Waals surface area contributed by atoms with Crippen molar-refractivity contribution in [2.24, 2.45) is 0 Å². The molecule has 2 aromatic carbocycles. The number of likely N-dealkylation sites (tertiary alicyclic amines) is 1. The maximum atomic E-state index is 12.7. The smallest absolute Gasteiger partial charge is 0.238 e. The third kappa shape index (κ3) is 4.53. The second-order valence-corrected chi connectivity index (χ2v) is 7.16. The van der Waals surface area contributed by atoms with Gasteiger partial charge >= 0.3 is 0 Å². The molecule has 1 N–H and O–H groups in total. The van der Waals surface area contributed by atoms with Gasteiger partial charge in [-0.2, -0.15) is 0 Å². The van der Waals surface area contributed by atoms with Crippen LogP contribution in [0.1, 0.15) is 43.4 Å². The molecular formula is C23H30N2O. The lowest BCUT2D eigenvalue weighted by Crippen LogP contribution is -2.38. The highest BCUT2D eigenvalue weighted by molar-refractivity contribution is 5.93. The van der Waals surface area contributed by atoms with Crippen LogP contribution in [0.5, 0.6) is 0 Å². The molecule has 2 aromatic rings. The summed E-state index contributed by atoms with van der Waals surface area (Å²) in [6.07, 6.45) is 5.25. The van der Waals surface area contributed by atoms with Crippen LogP contribution in [0.25, 0.3) is 0 Å². The third-order valence-corrected chi connectivity index (χ3v) is 5.42. The molecule has 0 spiro atoms. The fourth-order valence-corrected chi connectivity index (χ4v) is 3.99. The zero-order valence-electron chi connectivity index (χ0n) is 16.0. The molecular weight excluding hydrogens is 320 g/mol. The Morgan fingerprint density at radius 1 is 1.04 bits per heavy atom. The van der Waals surface area contributed by atoms with Crippen molar-refractivity contribution in [2.45, 2.75) is 52.0 Å². The van der Waals surface area contributed by atoms with Crippen LogP contribution in [0.2, 0.25) is 0 Å². The minimum Gasteiger partial charge on any atom is -0.324 e. The number of anilines is 1. The molecule has 1 heterocycles. The number of carbonyl (C=O) groups is 1. The highest BCUT2D eigenvalue weighted by atomic mass is 16.2. The third-order valence-electron chi connectivity index (χ3n) is 5.42. The summed E-state index contributed by atoms with van der Waals surface area (Å²) < 4.78 is 0. The van der Waals surface area contributed by atoms with Crippen molar-refractivity contribution in [3.8, 4) is 0 Å². The number of amides is 1. The van der Waals surface area contributed by atoms with E-state index >= 15 is 0 Å². The van der Waals surface area contributed by atoms with Crippen LogP contribution in [0.3, 0.4) is 0 Å². The summed E-state index contributed by atoms with van der Waals surface area (Å²) in [7, 11) is 0. The van der Waals surface area contributed by atoms with Crippen molar-refractivity contribution in [1.29, 1.82) is 0 Å². The van der Waals surface area contributed by atoms with Gasteiger partial charge in [-0.05, 0) is 55.3 Å². The maximum Gasteiger partial charge on any atom is 0.238 e. The lowest BCUT2D eigenvalue weighted by molar-refractivity contribution is -0.117. The number of hydrogen-bond acceptors (Lipinski definition) is 2. The zero-order valence-corrected chi connectivity index (χ0v) is 16.0. The zero-order chi connectivity index (χ0) is 18.4. The number of rotatable bonds is 7. The predicted octanol–water partition coefficient (Wildman–Crippen LogP) is 4.46. The second kappa shape index (κ2) is 9.00. The highest BCUT2D eigenvalue weighted by Gasteiger charge is 2.26. The number of nitrogens with one attached hydrogen (secondary N) is 1. The first-order valence-electron chi connectivity index (χ1n) is 9.89. The molecule has 1 aliphatic rings. The van der Waals surface area contributed by atoms with Crippen LogP contribution < -0.4 is 5.32 Å². The van der Waals surface area contributed by atoms with Crippen LogP contribution in [0, 0.1) is 0 Å². The molecule has 1 atom stereocenters. The Morgan fingerprint density at radius 2 is 1.73 bits per heavy atom. The summed E-state index contributed by atoms with van der Waals surface area (Å²) in [4.78, 5) is 15.1. The molecule has 1 aliphatic heterocycles. The standard InChI is InChI=1S/C23H30N2O/c1-3-19-12-8-13-20(4-2)23(19)24-22(26)17-25-15-9-14-21(25)16-18-10-6-5-7-11-18/h5-8,10-13,21H,3-4,9,14-17H2,1-2H3,(H,24,26)/t21-/m0/s1. The highest BCUT2D eigenvalue weighted by Crippen LogP contribution is 2.24. The monoisotopic (exact) mass is 350 g/mol. The molecule has 3 rings (SSSR count). The molecule has 1 amide bonds. The Morgan fingerprint density at radius 3 is 2.38 bits per heavy atom. The molecule has 0 unspecified atom stereocenters. The number of hydrogen-bond donors (Lipinski definition) is 1. The number of para-hydroxylation sites is 1. The number of nitrogens with zero attached hydrogens (tertiary/aromatic N) is 1. The molecule has 0 saturated carbocycles. The SMILES string of the molecule is CCc1cccc(CC)c1NC(=O)CN1CCC[C@H]1Cc1ccccc1. The number of carbonyl (C=O) groups excluding carboxylic acids is 1. The fourth-order valence-electron chi connectivity index (χ4n) is 3.99. The average Bonchev–Trinajstić information content (AvgIpc) is 3.09. The van der Waals surface area contributed by atoms with Gasteiger partial charge in [0.25, 0.3) is 0 Å². The van der Waals surface area contributed by atoms with E-state index in [0.717, 1.165) is 31.5 Å². The molecule has 1 saturated heterocycles. The van der Waals surface area contributed by atoms with Crippen LogP contribution in [-0.4, -0.2) is 29.9 Å². The van der Waals surface area contributed by atoms with E-state index in [-0.39, 0.29) is 5.91 Å². The van der Waals surface area contributed by atoms with E-state index in [1.54, 1.807) is 0 Å². The Balaban J connectivity index is 1.64. The predicted molar refractivity (Wildman–Crippen MR) is 109 cm³/mol. The van der Waals surface area contributed by atoms with Gasteiger partial charge in [0.2, 0.25) is 5.91 Å². The Labute approximate surface area is 157 Å². The van der Waals surface area contributed by atoms with Crippen LogP contribution in [-0.2, 0) is 24.1 Å². The van der Waals surface area contributed by atoms with Gasteiger partial charge in [-0.1, -0.05) is 62.4 Å². The van der Waals surface area contributed by atoms with Crippen molar-refractivity contribution in [2.75, 3.05) is 18.4 Å². The topological polar surface area (TPSA) is 32.3 Å². The lowest BCUT2D eigenvalue weighted by atomic mass is 10.0. The molecule has 0 bridgehead atoms. The molecule has 0 radical (unpaired) electrons. The van der Waals surface area contributed by atoms with Crippen LogP contribution in [0.15, 0.2) is 48.5 Å². The Bertz CT molecular complexity index is 704. The molecule has 0 aromatic heterocycles. The van der Waals surface area contributed by atoms with Gasteiger partial charge in [-0.25, -0.2) is 0 Å². The van der Waals surface area contributed by atoms with Crippen molar-refractivity contribution >= 4 is 11.6 Å². The number of aryl methyl sites for hydroxylation is 2. The normalized spacial score (nSPS) is 17.4. The largest absolute Gasteiger partial charge is 0.324 e. The van der Waals surface area contributed by atoms with Crippen molar-refractivity contribution in [1.82, 2.24) is 4.90 Å². The summed E-state index contributed by atoms with van der Waals surface area (Å²) in [6, 6.07) is 17.4. The minimum absolute atomic E-state index is 0.112. The van der Waals surface area contributed by atoms with Gasteiger partial charge in [-0.3, -0.25) is 9.69 Å². The summed E-state index contributed by atoms with van der Waals surface area (Å²) in [5.41, 5.74) is 4.83. The van der Waals surface area contributed by atoms with Crippen molar-refractivity contribution in [3.05, 3.63) is 65.2 Å². The Kier molecular flexibility index (Phi) is 6.45. The summed E-state index contributed by atoms with van der Waals surface area (Å²) in [5.74, 6) is 0.112. The molecule has 1 fully saturated rings. The van der Waals surface area contributed by atoms with Gasteiger partial charge in [0, 0.05) is 11.7 Å². The van der Waals surface area contributed by atoms with Crippen molar-refractivity contribution in [3.63, 3.8) is 0 Å². The molecule has 3 heteroatoms. The maximum absolute atomic E-state index is 12.7. The summed E-state index contributed by atoms with van der Waals surface area (Å²) >= 11 is 0. The van der Waals surface area contributed by atoms with E-state index in [0.29, 0.717) is 12.6 Å². The average molecular weight is 351 g/mol. The minimum atomic E-state index is 0.112. The van der Waals surface area contributed by atoms with E-state index in [1.807, 2.05) is 0 Å². The van der Waals surface area contributed by atoms with E-state index in [4.69, 9.17) is 0 Å². The van der Waals surface area contributed by atoms with Gasteiger partial charge in [0.1, 0.15) is 0 Å². The van der Waals surface area contributed by atoms with Gasteiger partial charge in [0.15, 0.2) is 0 Å². The van der Waals surface area contributed by atoms with E-state index < -0.39 is 0 Å². The molecule has 0 aliphatic carbocycles. The fraction of sp³-hybridized carbons (Fsp3) is 0.435. The summed E-state index contributed by atoms with van der Waals surface area (Å²) in [6.45, 7) is 5.78. The Hall–Kier alpha value is -2.13. The van der Waals surface area contributed by atoms with E-state index in [2.05, 4.69) is 72.6 Å². The number of benzene rings is 2. The lowest BCUT2D eigenvalue weighted by Gasteiger charge is -2.24. The second-order valence-electron chi connectivity index (χ2n) is 7.16. The summed E-state index contributed by atoms with van der Waals surface area (Å²) in [5, 5.41) is 3.21. The first-order valence-corrected chi connectivity index (χ1v) is 9.89.